The van der Waals surface area contributed by atoms with E-state index in [1.54, 1.807) is 4.90 Å². The van der Waals surface area contributed by atoms with Gasteiger partial charge in [-0.25, -0.2) is 8.78 Å². The van der Waals surface area contributed by atoms with Gasteiger partial charge < -0.3 is 10.2 Å². The zero-order valence-corrected chi connectivity index (χ0v) is 11.7. The van der Waals surface area contributed by atoms with Gasteiger partial charge in [-0.2, -0.15) is 0 Å². The Hall–Kier alpha value is -1.49. The van der Waals surface area contributed by atoms with E-state index < -0.39 is 11.6 Å². The summed E-state index contributed by atoms with van der Waals surface area (Å²) in [4.78, 5) is 14.1. The lowest BCUT2D eigenvalue weighted by molar-refractivity contribution is -0.134. The highest BCUT2D eigenvalue weighted by Gasteiger charge is 2.24. The fraction of sp³-hybridized carbons (Fsp3) is 0.533. The van der Waals surface area contributed by atoms with E-state index in [9.17, 15) is 13.6 Å². The first-order valence-corrected chi connectivity index (χ1v) is 7.08. The summed E-state index contributed by atoms with van der Waals surface area (Å²) in [5.41, 5.74) is 0.606. The lowest BCUT2D eigenvalue weighted by atomic mass is 10.0. The number of carbonyl (C=O) groups excluding carboxylic acids is 1. The molecule has 1 aromatic carbocycles. The van der Waals surface area contributed by atoms with Gasteiger partial charge in [-0.1, -0.05) is 12.5 Å². The molecule has 5 heteroatoms. The quantitative estimate of drug-likeness (QED) is 0.920. The third kappa shape index (κ3) is 3.54. The molecule has 0 unspecified atom stereocenters. The number of benzene rings is 1. The van der Waals surface area contributed by atoms with Crippen molar-refractivity contribution in [3.63, 3.8) is 0 Å². The minimum absolute atomic E-state index is 0.0388. The molecule has 1 atom stereocenters. The second-order valence-electron chi connectivity index (χ2n) is 5.10. The number of carbonyl (C=O) groups is 1. The van der Waals surface area contributed by atoms with Crippen LogP contribution < -0.4 is 5.32 Å². The number of hydrogen-bond donors (Lipinski definition) is 1. The molecule has 0 aliphatic carbocycles. The molecule has 3 nitrogen and oxygen atoms in total. The molecular weight excluding hydrogens is 262 g/mol. The van der Waals surface area contributed by atoms with Crippen LogP contribution in [0.15, 0.2) is 18.2 Å². The Kier molecular flexibility index (Phi) is 5.06. The Bertz CT molecular complexity index is 473. The van der Waals surface area contributed by atoms with Crippen LogP contribution in [0.25, 0.3) is 0 Å². The molecule has 110 valence electrons. The summed E-state index contributed by atoms with van der Waals surface area (Å²) in [5.74, 6) is -1.70. The highest BCUT2D eigenvalue weighted by Crippen LogP contribution is 2.14. The largest absolute Gasteiger partial charge is 0.337 e. The molecule has 1 N–H and O–H groups in total. The van der Waals surface area contributed by atoms with Crippen LogP contribution in [-0.2, 0) is 11.3 Å². The Morgan fingerprint density at radius 3 is 2.75 bits per heavy atom. The van der Waals surface area contributed by atoms with Crippen molar-refractivity contribution in [2.45, 2.75) is 38.8 Å². The van der Waals surface area contributed by atoms with E-state index in [4.69, 9.17) is 0 Å². The molecule has 1 amide bonds. The van der Waals surface area contributed by atoms with Crippen molar-refractivity contribution in [3.8, 4) is 0 Å². The van der Waals surface area contributed by atoms with E-state index in [-0.39, 0.29) is 11.9 Å². The first kappa shape index (κ1) is 14.9. The van der Waals surface area contributed by atoms with Gasteiger partial charge in [0.2, 0.25) is 5.91 Å². The molecule has 0 aromatic heterocycles. The van der Waals surface area contributed by atoms with E-state index in [1.165, 1.54) is 6.07 Å². The van der Waals surface area contributed by atoms with Crippen LogP contribution >= 0.6 is 0 Å². The molecule has 1 fully saturated rings. The van der Waals surface area contributed by atoms with Gasteiger partial charge in [-0.05, 0) is 44.0 Å². The van der Waals surface area contributed by atoms with E-state index >= 15 is 0 Å². The van der Waals surface area contributed by atoms with Crippen molar-refractivity contribution in [2.75, 3.05) is 13.1 Å². The average molecular weight is 282 g/mol. The van der Waals surface area contributed by atoms with Crippen LogP contribution in [0.1, 0.15) is 31.7 Å². The molecule has 0 saturated carbocycles. The molecule has 1 aliphatic rings. The standard InChI is InChI=1S/C15H20F2N2O/c1-2-19(15(20)14-5-3-4-8-18-14)10-11-6-7-12(16)13(17)9-11/h6-7,9,14,18H,2-5,8,10H2,1H3/t14-/m0/s1. The van der Waals surface area contributed by atoms with Gasteiger partial charge in [0, 0.05) is 13.1 Å². The van der Waals surface area contributed by atoms with Gasteiger partial charge in [0.1, 0.15) is 0 Å². The zero-order chi connectivity index (χ0) is 14.5. The van der Waals surface area contributed by atoms with Crippen LogP contribution in [-0.4, -0.2) is 29.9 Å². The number of nitrogens with zero attached hydrogens (tertiary/aromatic N) is 1. The van der Waals surface area contributed by atoms with Crippen LogP contribution in [0.3, 0.4) is 0 Å². The fourth-order valence-corrected chi connectivity index (χ4v) is 2.49. The van der Waals surface area contributed by atoms with Crippen molar-refractivity contribution in [3.05, 3.63) is 35.4 Å². The lowest BCUT2D eigenvalue weighted by Gasteiger charge is -2.29. The summed E-state index contributed by atoms with van der Waals surface area (Å²) in [6.07, 6.45) is 2.98. The van der Waals surface area contributed by atoms with Crippen molar-refractivity contribution < 1.29 is 13.6 Å². The minimum Gasteiger partial charge on any atom is -0.337 e. The van der Waals surface area contributed by atoms with E-state index in [0.717, 1.165) is 37.9 Å². The molecule has 2 rings (SSSR count). The van der Waals surface area contributed by atoms with Crippen LogP contribution in [0.2, 0.25) is 0 Å². The van der Waals surface area contributed by atoms with Gasteiger partial charge in [-0.3, -0.25) is 4.79 Å². The van der Waals surface area contributed by atoms with E-state index in [0.29, 0.717) is 18.7 Å². The molecule has 1 heterocycles. The third-order valence-corrected chi connectivity index (χ3v) is 3.66. The number of nitrogens with one attached hydrogen (secondary N) is 1. The molecule has 1 saturated heterocycles. The maximum Gasteiger partial charge on any atom is 0.239 e. The van der Waals surface area contributed by atoms with Crippen LogP contribution in [0.5, 0.6) is 0 Å². The monoisotopic (exact) mass is 282 g/mol. The lowest BCUT2D eigenvalue weighted by Crippen LogP contribution is -2.48. The number of hydrogen-bond acceptors (Lipinski definition) is 2. The summed E-state index contributed by atoms with van der Waals surface area (Å²) in [5, 5.41) is 3.21. The maximum absolute atomic E-state index is 13.2. The Morgan fingerprint density at radius 2 is 2.15 bits per heavy atom. The number of halogens is 2. The third-order valence-electron chi connectivity index (χ3n) is 3.66. The molecule has 1 aliphatic heterocycles. The molecule has 0 spiro atoms. The number of piperidine rings is 1. The summed E-state index contributed by atoms with van der Waals surface area (Å²) in [7, 11) is 0. The Labute approximate surface area is 118 Å². The normalized spacial score (nSPS) is 18.9. The first-order valence-electron chi connectivity index (χ1n) is 7.08. The Morgan fingerprint density at radius 1 is 1.35 bits per heavy atom. The van der Waals surface area contributed by atoms with Crippen molar-refractivity contribution in [1.29, 1.82) is 0 Å². The topological polar surface area (TPSA) is 32.3 Å². The van der Waals surface area contributed by atoms with Crippen molar-refractivity contribution in [1.82, 2.24) is 10.2 Å². The summed E-state index contributed by atoms with van der Waals surface area (Å²) < 4.78 is 26.1. The van der Waals surface area contributed by atoms with Crippen molar-refractivity contribution in [2.24, 2.45) is 0 Å². The molecule has 0 radical (unpaired) electrons. The second kappa shape index (κ2) is 6.79. The Balaban J connectivity index is 2.03. The maximum atomic E-state index is 13.2. The van der Waals surface area contributed by atoms with Gasteiger partial charge in [0.15, 0.2) is 11.6 Å². The highest BCUT2D eigenvalue weighted by molar-refractivity contribution is 5.82. The SMILES string of the molecule is CCN(Cc1ccc(F)c(F)c1)C(=O)[C@@H]1CCCCN1. The predicted octanol–water partition coefficient (Wildman–Crippen LogP) is 2.46. The van der Waals surface area contributed by atoms with E-state index in [1.807, 2.05) is 6.92 Å². The number of amides is 1. The van der Waals surface area contributed by atoms with Crippen LogP contribution in [0, 0.1) is 11.6 Å². The predicted molar refractivity (Wildman–Crippen MR) is 73.1 cm³/mol. The summed E-state index contributed by atoms with van der Waals surface area (Å²) in [6, 6.07) is 3.62. The van der Waals surface area contributed by atoms with Gasteiger partial charge >= 0.3 is 0 Å². The molecule has 0 bridgehead atoms. The summed E-state index contributed by atoms with van der Waals surface area (Å²) >= 11 is 0. The number of likely N-dealkylation sites (N-methyl/N-ethyl adjacent to an activating group) is 1. The molecular formula is C15H20F2N2O. The first-order chi connectivity index (χ1) is 9.61. The number of rotatable bonds is 4. The average Bonchev–Trinajstić information content (AvgIpc) is 2.48. The fourth-order valence-electron chi connectivity index (χ4n) is 2.49. The van der Waals surface area contributed by atoms with Gasteiger partial charge in [0.05, 0.1) is 6.04 Å². The van der Waals surface area contributed by atoms with Gasteiger partial charge in [-0.15, -0.1) is 0 Å². The summed E-state index contributed by atoms with van der Waals surface area (Å²) in [6.45, 7) is 3.61. The van der Waals surface area contributed by atoms with Crippen molar-refractivity contribution >= 4 is 5.91 Å². The molecule has 20 heavy (non-hydrogen) atoms. The molecule has 1 aromatic rings. The van der Waals surface area contributed by atoms with Crippen LogP contribution in [0.4, 0.5) is 8.78 Å². The van der Waals surface area contributed by atoms with E-state index in [2.05, 4.69) is 5.32 Å². The second-order valence-corrected chi connectivity index (χ2v) is 5.10. The highest BCUT2D eigenvalue weighted by atomic mass is 19.2. The smallest absolute Gasteiger partial charge is 0.239 e. The minimum atomic E-state index is -0.873. The zero-order valence-electron chi connectivity index (χ0n) is 11.7. The van der Waals surface area contributed by atoms with Gasteiger partial charge in [0.25, 0.3) is 0 Å².